The van der Waals surface area contributed by atoms with Crippen molar-refractivity contribution in [3.8, 4) is 0 Å². The maximum absolute atomic E-state index is 2.58. The van der Waals surface area contributed by atoms with Crippen molar-refractivity contribution in [2.75, 3.05) is 0 Å². The molecule has 2 aliphatic carbocycles. The van der Waals surface area contributed by atoms with Gasteiger partial charge in [-0.05, 0) is 70.9 Å². The standard InChI is InChI=1S/C30H40Si/c1-19-15-21-23(17-19)27(13-11-25(21)29(3,4)5)31(9,10)28-14-12-26(30(6,7)8)22-16-20(2)18-24(22)28/h11-16H,17-18H2,1-10H3. The lowest BCUT2D eigenvalue weighted by Crippen LogP contribution is -2.56. The molecular weight excluding hydrogens is 388 g/mol. The number of allylic oxidation sites excluding steroid dienone is 2. The average molecular weight is 429 g/mol. The van der Waals surface area contributed by atoms with Crippen LogP contribution >= 0.6 is 0 Å². The number of rotatable bonds is 2. The molecule has 2 aliphatic rings. The van der Waals surface area contributed by atoms with Crippen molar-refractivity contribution in [1.82, 2.24) is 0 Å². The molecule has 0 aromatic heterocycles. The van der Waals surface area contributed by atoms with Crippen molar-refractivity contribution in [2.24, 2.45) is 0 Å². The summed E-state index contributed by atoms with van der Waals surface area (Å²) in [7, 11) is -1.86. The van der Waals surface area contributed by atoms with E-state index in [9.17, 15) is 0 Å². The van der Waals surface area contributed by atoms with E-state index in [2.05, 4.69) is 105 Å². The summed E-state index contributed by atoms with van der Waals surface area (Å²) in [6.07, 6.45) is 7.15. The fourth-order valence-corrected chi connectivity index (χ4v) is 9.06. The van der Waals surface area contributed by atoms with Gasteiger partial charge in [0.25, 0.3) is 0 Å². The molecular formula is C30H40Si. The van der Waals surface area contributed by atoms with E-state index in [-0.39, 0.29) is 10.8 Å². The smallest absolute Gasteiger partial charge is 0.0683 e. The topological polar surface area (TPSA) is 0 Å². The molecule has 1 heteroatoms. The van der Waals surface area contributed by atoms with Crippen LogP contribution in [-0.4, -0.2) is 8.07 Å². The average Bonchev–Trinajstić information content (AvgIpc) is 3.18. The Morgan fingerprint density at radius 2 is 0.968 bits per heavy atom. The first kappa shape index (κ1) is 22.3. The second-order valence-electron chi connectivity index (χ2n) is 12.6. The van der Waals surface area contributed by atoms with Crippen LogP contribution < -0.4 is 10.4 Å². The second kappa shape index (κ2) is 7.07. The lowest BCUT2D eigenvalue weighted by molar-refractivity contribution is 0.588. The lowest BCUT2D eigenvalue weighted by Gasteiger charge is -2.33. The first-order valence-corrected chi connectivity index (χ1v) is 14.9. The van der Waals surface area contributed by atoms with Gasteiger partial charge in [0.05, 0.1) is 0 Å². The Morgan fingerprint density at radius 3 is 1.29 bits per heavy atom. The van der Waals surface area contributed by atoms with Crippen LogP contribution in [0.25, 0.3) is 12.2 Å². The van der Waals surface area contributed by atoms with Gasteiger partial charge in [-0.3, -0.25) is 0 Å². The van der Waals surface area contributed by atoms with E-state index < -0.39 is 8.07 Å². The fourth-order valence-electron chi connectivity index (χ4n) is 5.82. The molecule has 0 nitrogen and oxygen atoms in total. The molecule has 31 heavy (non-hydrogen) atoms. The Labute approximate surface area is 191 Å². The number of fused-ring (bicyclic) bond motifs is 2. The molecule has 0 amide bonds. The molecule has 0 saturated heterocycles. The van der Waals surface area contributed by atoms with Gasteiger partial charge in [0, 0.05) is 0 Å². The third kappa shape index (κ3) is 3.69. The minimum atomic E-state index is -1.86. The van der Waals surface area contributed by atoms with E-state index in [0.717, 1.165) is 12.8 Å². The zero-order valence-corrected chi connectivity index (χ0v) is 22.4. The molecule has 2 aromatic carbocycles. The fraction of sp³-hybridized carbons (Fsp3) is 0.467. The second-order valence-corrected chi connectivity index (χ2v) is 16.9. The maximum atomic E-state index is 2.58. The monoisotopic (exact) mass is 428 g/mol. The van der Waals surface area contributed by atoms with E-state index in [4.69, 9.17) is 0 Å². The molecule has 0 N–H and O–H groups in total. The first-order chi connectivity index (χ1) is 14.2. The maximum Gasteiger partial charge on any atom is 0.113 e. The van der Waals surface area contributed by atoms with Crippen LogP contribution in [0.2, 0.25) is 13.1 Å². The Kier molecular flexibility index (Phi) is 5.09. The molecule has 0 heterocycles. The van der Waals surface area contributed by atoms with E-state index in [1.54, 1.807) is 21.5 Å². The van der Waals surface area contributed by atoms with Crippen LogP contribution in [-0.2, 0) is 23.7 Å². The van der Waals surface area contributed by atoms with E-state index in [1.165, 1.54) is 33.4 Å². The van der Waals surface area contributed by atoms with Crippen LogP contribution in [0.5, 0.6) is 0 Å². The summed E-state index contributed by atoms with van der Waals surface area (Å²) in [5, 5.41) is 3.28. The van der Waals surface area contributed by atoms with Gasteiger partial charge < -0.3 is 0 Å². The Balaban J connectivity index is 1.91. The van der Waals surface area contributed by atoms with Crippen LogP contribution in [0.3, 0.4) is 0 Å². The van der Waals surface area contributed by atoms with Gasteiger partial charge in [-0.25, -0.2) is 0 Å². The molecule has 0 aliphatic heterocycles. The summed E-state index contributed by atoms with van der Waals surface area (Å²) >= 11 is 0. The third-order valence-electron chi connectivity index (χ3n) is 7.37. The van der Waals surface area contributed by atoms with Crippen LogP contribution in [0, 0.1) is 0 Å². The van der Waals surface area contributed by atoms with Crippen molar-refractivity contribution in [1.29, 1.82) is 0 Å². The Hall–Kier alpha value is -1.86. The first-order valence-electron chi connectivity index (χ1n) is 11.9. The van der Waals surface area contributed by atoms with Gasteiger partial charge in [-0.15, -0.1) is 0 Å². The highest BCUT2D eigenvalue weighted by atomic mass is 28.3. The number of hydrogen-bond acceptors (Lipinski definition) is 0. The van der Waals surface area contributed by atoms with Crippen molar-refractivity contribution >= 4 is 30.6 Å². The summed E-state index contributed by atoms with van der Waals surface area (Å²) in [5.74, 6) is 0. The highest BCUT2D eigenvalue weighted by Gasteiger charge is 2.36. The van der Waals surface area contributed by atoms with Gasteiger partial charge in [-0.2, -0.15) is 0 Å². The predicted octanol–water partition coefficient (Wildman–Crippen LogP) is 7.02. The largest absolute Gasteiger partial charge is 0.113 e. The minimum Gasteiger partial charge on any atom is -0.0683 e. The van der Waals surface area contributed by atoms with Gasteiger partial charge in [0.1, 0.15) is 8.07 Å². The van der Waals surface area contributed by atoms with Gasteiger partial charge in [0.15, 0.2) is 0 Å². The molecule has 0 fully saturated rings. The molecule has 0 unspecified atom stereocenters. The van der Waals surface area contributed by atoms with E-state index in [1.807, 2.05) is 0 Å². The predicted molar refractivity (Wildman–Crippen MR) is 142 cm³/mol. The number of hydrogen-bond donors (Lipinski definition) is 0. The van der Waals surface area contributed by atoms with Crippen LogP contribution in [0.1, 0.15) is 88.8 Å². The Morgan fingerprint density at radius 1 is 0.613 bits per heavy atom. The highest BCUT2D eigenvalue weighted by Crippen LogP contribution is 2.37. The highest BCUT2D eigenvalue weighted by molar-refractivity contribution is 7.01. The summed E-state index contributed by atoms with van der Waals surface area (Å²) < 4.78 is 0. The van der Waals surface area contributed by atoms with Crippen LogP contribution in [0.15, 0.2) is 35.4 Å². The summed E-state index contributed by atoms with van der Waals surface area (Å²) in [5.41, 5.74) is 12.6. The van der Waals surface area contributed by atoms with Gasteiger partial charge in [0.2, 0.25) is 0 Å². The molecule has 0 bridgehead atoms. The molecule has 0 atom stereocenters. The van der Waals surface area contributed by atoms with E-state index >= 15 is 0 Å². The summed E-state index contributed by atoms with van der Waals surface area (Å²) in [6, 6.07) is 9.87. The van der Waals surface area contributed by atoms with Gasteiger partial charge in [-0.1, -0.05) is 113 Å². The molecule has 0 radical (unpaired) electrons. The van der Waals surface area contributed by atoms with Crippen molar-refractivity contribution in [3.63, 3.8) is 0 Å². The number of benzene rings is 2. The molecule has 4 rings (SSSR count). The normalized spacial score (nSPS) is 16.2. The summed E-state index contributed by atoms with van der Waals surface area (Å²) in [6.45, 7) is 23.8. The van der Waals surface area contributed by atoms with E-state index in [0.29, 0.717) is 0 Å². The van der Waals surface area contributed by atoms with Gasteiger partial charge >= 0.3 is 0 Å². The Bertz CT molecular complexity index is 1030. The van der Waals surface area contributed by atoms with Crippen LogP contribution in [0.4, 0.5) is 0 Å². The third-order valence-corrected chi connectivity index (χ3v) is 11.0. The quantitative estimate of drug-likeness (QED) is 0.451. The zero-order valence-electron chi connectivity index (χ0n) is 21.4. The van der Waals surface area contributed by atoms with Crippen molar-refractivity contribution in [3.05, 3.63) is 68.8 Å². The minimum absolute atomic E-state index is 0.173. The van der Waals surface area contributed by atoms with Crippen molar-refractivity contribution < 1.29 is 0 Å². The molecule has 2 aromatic rings. The lowest BCUT2D eigenvalue weighted by atomic mass is 9.83. The molecule has 0 spiro atoms. The SMILES string of the molecule is CC1=Cc2c(C(C)(C)C)ccc([Si](C)(C)c3ccc(C(C)(C)C)c4c3CC(C)=C4)c2C1. The summed E-state index contributed by atoms with van der Waals surface area (Å²) in [4.78, 5) is 0. The molecule has 0 saturated carbocycles. The van der Waals surface area contributed by atoms with Crippen molar-refractivity contribution in [2.45, 2.75) is 92.2 Å². The molecule has 164 valence electrons. The zero-order chi connectivity index (χ0) is 22.9.